The number of carbonyl (C=O) groups is 1. The van der Waals surface area contributed by atoms with Crippen molar-refractivity contribution >= 4 is 25.4 Å². The monoisotopic (exact) mass is 356 g/mol. The van der Waals surface area contributed by atoms with E-state index in [9.17, 15) is 13.2 Å². The maximum atomic E-state index is 12.3. The summed E-state index contributed by atoms with van der Waals surface area (Å²) in [6, 6.07) is 6.86. The molecule has 2 unspecified atom stereocenters. The van der Waals surface area contributed by atoms with Crippen molar-refractivity contribution < 1.29 is 17.9 Å². The van der Waals surface area contributed by atoms with E-state index in [1.54, 1.807) is 24.3 Å². The molecule has 0 radical (unpaired) electrons. The number of hydrogen-bond acceptors (Lipinski definition) is 5. The van der Waals surface area contributed by atoms with Crippen molar-refractivity contribution in [2.75, 3.05) is 19.0 Å². The van der Waals surface area contributed by atoms with Crippen LogP contribution in [0.2, 0.25) is 0 Å². The van der Waals surface area contributed by atoms with Gasteiger partial charge in [0, 0.05) is 31.8 Å². The van der Waals surface area contributed by atoms with Crippen molar-refractivity contribution in [1.29, 1.82) is 0 Å². The van der Waals surface area contributed by atoms with Crippen LogP contribution in [0, 0.1) is 18.8 Å². The zero-order valence-corrected chi connectivity index (χ0v) is 15.3. The van der Waals surface area contributed by atoms with E-state index < -0.39 is 8.87 Å². The number of ketones is 1. The second-order valence-electron chi connectivity index (χ2n) is 6.33. The fourth-order valence-corrected chi connectivity index (χ4v) is 5.69. The standard InChI is InChI=1S/C17H24O4S2/c1-13-3-5-17(6-4-13)23(19,20)22-12-14(2)9-16(18)10-15-7-8-21-11-15/h3-6,14-15H,7-12H2,1-2H3. The average Bonchev–Trinajstić information content (AvgIpc) is 2.98. The van der Waals surface area contributed by atoms with Crippen molar-refractivity contribution in [1.82, 2.24) is 0 Å². The van der Waals surface area contributed by atoms with E-state index >= 15 is 0 Å². The molecule has 23 heavy (non-hydrogen) atoms. The van der Waals surface area contributed by atoms with E-state index in [4.69, 9.17) is 4.74 Å². The van der Waals surface area contributed by atoms with Crippen LogP contribution in [-0.4, -0.2) is 33.2 Å². The molecule has 0 bridgehead atoms. The van der Waals surface area contributed by atoms with E-state index in [-0.39, 0.29) is 11.7 Å². The maximum Gasteiger partial charge on any atom is 0.230 e. The molecule has 6 heteroatoms. The molecular weight excluding hydrogens is 332 g/mol. The number of carbonyl (C=O) groups excluding carboxylic acids is 1. The average molecular weight is 357 g/mol. The molecule has 1 heterocycles. The van der Waals surface area contributed by atoms with Gasteiger partial charge in [-0.3, -0.25) is 4.79 Å². The molecule has 0 saturated carbocycles. The Morgan fingerprint density at radius 2 is 2.04 bits per heavy atom. The topological polar surface area (TPSA) is 60.4 Å². The number of rotatable bonds is 8. The molecule has 0 amide bonds. The minimum absolute atomic E-state index is 0.0510. The lowest BCUT2D eigenvalue weighted by molar-refractivity contribution is -0.120. The van der Waals surface area contributed by atoms with Crippen molar-refractivity contribution in [2.45, 2.75) is 38.0 Å². The van der Waals surface area contributed by atoms with Crippen LogP contribution in [0.25, 0.3) is 0 Å². The third-order valence-electron chi connectivity index (χ3n) is 3.93. The number of hydrogen-bond donors (Lipinski definition) is 0. The van der Waals surface area contributed by atoms with Crippen LogP contribution in [0.1, 0.15) is 31.7 Å². The van der Waals surface area contributed by atoms with Gasteiger partial charge in [-0.15, -0.1) is 0 Å². The fourth-order valence-electron chi connectivity index (χ4n) is 2.58. The van der Waals surface area contributed by atoms with Crippen LogP contribution in [0.5, 0.6) is 0 Å². The molecule has 128 valence electrons. The first-order valence-corrected chi connectivity index (χ1v) is 10.9. The summed E-state index contributed by atoms with van der Waals surface area (Å²) in [6.07, 6.45) is 1.95. The first-order chi connectivity index (χ1) is 10.9. The lowest BCUT2D eigenvalue weighted by Gasteiger charge is -2.12. The van der Waals surface area contributed by atoms with Crippen LogP contribution < -0.4 is 0 Å². The van der Waals surface area contributed by atoms with Crippen LogP contribution >= 0.6 is 10.8 Å². The second kappa shape index (κ2) is 8.31. The number of Topliss-reactive ketones (excluding diaryl/α,β-unsaturated/α-hetero) is 1. The zero-order valence-electron chi connectivity index (χ0n) is 13.7. The second-order valence-corrected chi connectivity index (χ2v) is 10.3. The summed E-state index contributed by atoms with van der Waals surface area (Å²) in [5.41, 5.74) is 1.03. The molecule has 1 aliphatic heterocycles. The van der Waals surface area contributed by atoms with Crippen molar-refractivity contribution in [3.8, 4) is 0 Å². The fraction of sp³-hybridized carbons (Fsp3) is 0.588. The molecule has 1 aliphatic rings. The highest BCUT2D eigenvalue weighted by molar-refractivity contribution is 8.72. The Balaban J connectivity index is 1.79. The predicted molar refractivity (Wildman–Crippen MR) is 93.2 cm³/mol. The minimum atomic E-state index is -3.34. The summed E-state index contributed by atoms with van der Waals surface area (Å²) < 4.78 is 29.8. The van der Waals surface area contributed by atoms with Gasteiger partial charge in [0.15, 0.2) is 0 Å². The normalized spacial score (nSPS) is 19.7. The summed E-state index contributed by atoms with van der Waals surface area (Å²) in [7, 11) is -2.42. The Kier molecular flexibility index (Phi) is 6.68. The number of aryl methyl sites for hydroxylation is 1. The predicted octanol–water partition coefficient (Wildman–Crippen LogP) is 3.44. The van der Waals surface area contributed by atoms with Gasteiger partial charge in [-0.25, -0.2) is 8.42 Å². The van der Waals surface area contributed by atoms with Gasteiger partial charge in [0.2, 0.25) is 8.87 Å². The highest BCUT2D eigenvalue weighted by Gasteiger charge is 2.22. The largest absolute Gasteiger partial charge is 0.381 e. The lowest BCUT2D eigenvalue weighted by atomic mass is 9.97. The molecule has 0 aromatic heterocycles. The molecule has 0 N–H and O–H groups in total. The van der Waals surface area contributed by atoms with Gasteiger partial charge in [-0.1, -0.05) is 24.6 Å². The minimum Gasteiger partial charge on any atom is -0.381 e. The molecule has 1 fully saturated rings. The third kappa shape index (κ3) is 5.94. The van der Waals surface area contributed by atoms with E-state index in [2.05, 4.69) is 0 Å². The maximum absolute atomic E-state index is 12.3. The van der Waals surface area contributed by atoms with Gasteiger partial charge < -0.3 is 4.74 Å². The van der Waals surface area contributed by atoms with Gasteiger partial charge in [-0.05, 0) is 48.1 Å². The quantitative estimate of drug-likeness (QED) is 0.668. The smallest absolute Gasteiger partial charge is 0.230 e. The SMILES string of the molecule is Cc1ccc(S(=O)(=O)SCC(C)CC(=O)CC2CCOC2)cc1. The number of ether oxygens (including phenoxy) is 1. The van der Waals surface area contributed by atoms with Crippen LogP contribution in [0.4, 0.5) is 0 Å². The van der Waals surface area contributed by atoms with E-state index in [1.165, 1.54) is 0 Å². The van der Waals surface area contributed by atoms with Gasteiger partial charge in [0.1, 0.15) is 5.78 Å². The molecule has 1 aromatic carbocycles. The van der Waals surface area contributed by atoms with Gasteiger partial charge in [-0.2, -0.15) is 0 Å². The Morgan fingerprint density at radius 1 is 1.35 bits per heavy atom. The Labute approximate surface area is 142 Å². The first kappa shape index (κ1) is 18.5. The Hall–Kier alpha value is -0.850. The molecule has 2 rings (SSSR count). The summed E-state index contributed by atoms with van der Waals surface area (Å²) in [6.45, 7) is 5.28. The Morgan fingerprint density at radius 3 is 2.65 bits per heavy atom. The zero-order chi connectivity index (χ0) is 16.9. The molecular formula is C17H24O4S2. The van der Waals surface area contributed by atoms with E-state index in [0.717, 1.165) is 29.4 Å². The van der Waals surface area contributed by atoms with E-state index in [0.29, 0.717) is 36.0 Å². The van der Waals surface area contributed by atoms with Crippen LogP contribution in [0.15, 0.2) is 29.2 Å². The van der Waals surface area contributed by atoms with Crippen molar-refractivity contribution in [3.05, 3.63) is 29.8 Å². The van der Waals surface area contributed by atoms with Gasteiger partial charge in [0.05, 0.1) is 4.90 Å². The molecule has 4 nitrogen and oxygen atoms in total. The molecule has 0 aliphatic carbocycles. The van der Waals surface area contributed by atoms with Gasteiger partial charge >= 0.3 is 0 Å². The van der Waals surface area contributed by atoms with E-state index in [1.807, 2.05) is 13.8 Å². The third-order valence-corrected chi connectivity index (χ3v) is 7.72. The highest BCUT2D eigenvalue weighted by atomic mass is 33.1. The molecule has 1 saturated heterocycles. The Bertz CT molecular complexity index is 616. The lowest BCUT2D eigenvalue weighted by Crippen LogP contribution is -2.13. The molecule has 2 atom stereocenters. The van der Waals surface area contributed by atoms with Gasteiger partial charge in [0.25, 0.3) is 0 Å². The first-order valence-electron chi connectivity index (χ1n) is 7.92. The molecule has 1 aromatic rings. The molecule has 0 spiro atoms. The van der Waals surface area contributed by atoms with Crippen molar-refractivity contribution in [2.24, 2.45) is 11.8 Å². The van der Waals surface area contributed by atoms with Crippen LogP contribution in [0.3, 0.4) is 0 Å². The summed E-state index contributed by atoms with van der Waals surface area (Å²) >= 11 is 0. The summed E-state index contributed by atoms with van der Waals surface area (Å²) in [5, 5.41) is 0. The van der Waals surface area contributed by atoms with Crippen LogP contribution in [-0.2, 0) is 18.4 Å². The highest BCUT2D eigenvalue weighted by Crippen LogP contribution is 2.27. The number of benzene rings is 1. The summed E-state index contributed by atoms with van der Waals surface area (Å²) in [5.74, 6) is 1.04. The summed E-state index contributed by atoms with van der Waals surface area (Å²) in [4.78, 5) is 12.4. The van der Waals surface area contributed by atoms with Crippen molar-refractivity contribution in [3.63, 3.8) is 0 Å².